The Morgan fingerprint density at radius 1 is 1.56 bits per heavy atom. The lowest BCUT2D eigenvalue weighted by Gasteiger charge is -2.16. The topological polar surface area (TPSA) is 50.9 Å². The number of thiazole rings is 1. The van der Waals surface area contributed by atoms with Gasteiger partial charge in [-0.3, -0.25) is 11.3 Å². The van der Waals surface area contributed by atoms with Gasteiger partial charge in [0.2, 0.25) is 0 Å². The highest BCUT2D eigenvalue weighted by Crippen LogP contribution is 2.24. The molecule has 1 atom stereocenters. The Morgan fingerprint density at radius 3 is 2.94 bits per heavy atom. The van der Waals surface area contributed by atoms with E-state index < -0.39 is 0 Å². The molecule has 2 rings (SSSR count). The standard InChI is InChI=1S/C12H13BrFN3S/c1-7-16-9(6-18-7)5-12(17-15)10-4-8(13)2-3-11(10)14/h2-4,6,12,17H,5,15H2,1H3. The maximum absolute atomic E-state index is 13.8. The zero-order valence-electron chi connectivity index (χ0n) is 9.78. The average Bonchev–Trinajstić information content (AvgIpc) is 2.75. The molecule has 3 N–H and O–H groups in total. The van der Waals surface area contributed by atoms with Crippen LogP contribution in [0.25, 0.3) is 0 Å². The van der Waals surface area contributed by atoms with E-state index in [1.807, 2.05) is 12.3 Å². The lowest BCUT2D eigenvalue weighted by Crippen LogP contribution is -2.30. The number of nitrogens with zero attached hydrogens (tertiary/aromatic N) is 1. The largest absolute Gasteiger partial charge is 0.271 e. The van der Waals surface area contributed by atoms with Crippen molar-refractivity contribution in [2.45, 2.75) is 19.4 Å². The van der Waals surface area contributed by atoms with Crippen molar-refractivity contribution in [1.82, 2.24) is 10.4 Å². The highest BCUT2D eigenvalue weighted by molar-refractivity contribution is 9.10. The molecule has 1 aromatic carbocycles. The highest BCUT2D eigenvalue weighted by atomic mass is 79.9. The number of rotatable bonds is 4. The third kappa shape index (κ3) is 3.14. The van der Waals surface area contributed by atoms with Gasteiger partial charge in [0, 0.05) is 21.8 Å². The number of aromatic nitrogens is 1. The second-order valence-electron chi connectivity index (χ2n) is 3.95. The second-order valence-corrected chi connectivity index (χ2v) is 5.92. The van der Waals surface area contributed by atoms with Gasteiger partial charge in [0.25, 0.3) is 0 Å². The molecule has 0 aliphatic carbocycles. The first-order valence-electron chi connectivity index (χ1n) is 5.42. The maximum atomic E-state index is 13.8. The van der Waals surface area contributed by atoms with Crippen molar-refractivity contribution in [1.29, 1.82) is 0 Å². The van der Waals surface area contributed by atoms with Gasteiger partial charge in [-0.05, 0) is 25.1 Å². The zero-order chi connectivity index (χ0) is 13.1. The minimum Gasteiger partial charge on any atom is -0.271 e. The van der Waals surface area contributed by atoms with Gasteiger partial charge in [0.05, 0.1) is 16.7 Å². The van der Waals surface area contributed by atoms with E-state index in [1.165, 1.54) is 6.07 Å². The summed E-state index contributed by atoms with van der Waals surface area (Å²) in [6, 6.07) is 4.54. The zero-order valence-corrected chi connectivity index (χ0v) is 12.2. The van der Waals surface area contributed by atoms with E-state index >= 15 is 0 Å². The predicted molar refractivity (Wildman–Crippen MR) is 74.7 cm³/mol. The number of halogens is 2. The van der Waals surface area contributed by atoms with Crippen LogP contribution < -0.4 is 11.3 Å². The molecular weight excluding hydrogens is 317 g/mol. The highest BCUT2D eigenvalue weighted by Gasteiger charge is 2.16. The number of nitrogens with two attached hydrogens (primary N) is 1. The van der Waals surface area contributed by atoms with Crippen molar-refractivity contribution in [2.75, 3.05) is 0 Å². The molecule has 6 heteroatoms. The van der Waals surface area contributed by atoms with Crippen molar-refractivity contribution < 1.29 is 4.39 Å². The Labute approximate surface area is 117 Å². The van der Waals surface area contributed by atoms with Gasteiger partial charge in [-0.1, -0.05) is 15.9 Å². The summed E-state index contributed by atoms with van der Waals surface area (Å²) in [6.45, 7) is 1.94. The molecule has 0 saturated heterocycles. The Balaban J connectivity index is 2.25. The SMILES string of the molecule is Cc1nc(CC(NN)c2cc(Br)ccc2F)cs1. The fraction of sp³-hybridized carbons (Fsp3) is 0.250. The monoisotopic (exact) mass is 329 g/mol. The lowest BCUT2D eigenvalue weighted by molar-refractivity contribution is 0.507. The molecule has 0 aliphatic rings. The first kappa shape index (κ1) is 13.6. The van der Waals surface area contributed by atoms with Crippen molar-refractivity contribution in [2.24, 2.45) is 5.84 Å². The average molecular weight is 330 g/mol. The number of nitrogens with one attached hydrogen (secondary N) is 1. The third-order valence-electron chi connectivity index (χ3n) is 2.61. The van der Waals surface area contributed by atoms with Crippen LogP contribution in [0, 0.1) is 12.7 Å². The minimum absolute atomic E-state index is 0.270. The van der Waals surface area contributed by atoms with E-state index in [4.69, 9.17) is 5.84 Å². The molecule has 1 heterocycles. The van der Waals surface area contributed by atoms with Crippen LogP contribution in [0.1, 0.15) is 22.3 Å². The summed E-state index contributed by atoms with van der Waals surface area (Å²) in [5, 5.41) is 2.96. The van der Waals surface area contributed by atoms with Crippen LogP contribution >= 0.6 is 27.3 Å². The molecule has 18 heavy (non-hydrogen) atoms. The van der Waals surface area contributed by atoms with Crippen LogP contribution in [0.5, 0.6) is 0 Å². The van der Waals surface area contributed by atoms with E-state index in [0.717, 1.165) is 15.2 Å². The molecule has 0 bridgehead atoms. The Kier molecular flexibility index (Phi) is 4.45. The molecule has 1 aromatic heterocycles. The predicted octanol–water partition coefficient (Wildman–Crippen LogP) is 3.10. The lowest BCUT2D eigenvalue weighted by atomic mass is 10.0. The molecular formula is C12H13BrFN3S. The molecule has 96 valence electrons. The van der Waals surface area contributed by atoms with Crippen molar-refractivity contribution in [3.05, 3.63) is 50.1 Å². The number of benzene rings is 1. The van der Waals surface area contributed by atoms with Gasteiger partial charge in [0.15, 0.2) is 0 Å². The third-order valence-corrected chi connectivity index (χ3v) is 3.93. The molecule has 0 saturated carbocycles. The molecule has 0 aliphatic heterocycles. The summed E-state index contributed by atoms with van der Waals surface area (Å²) in [4.78, 5) is 4.36. The van der Waals surface area contributed by atoms with Gasteiger partial charge in [-0.2, -0.15) is 0 Å². The minimum atomic E-state index is -0.288. The van der Waals surface area contributed by atoms with Gasteiger partial charge in [-0.25, -0.2) is 9.37 Å². The normalized spacial score (nSPS) is 12.7. The number of aryl methyl sites for hydroxylation is 1. The Morgan fingerprint density at radius 2 is 2.33 bits per heavy atom. The Bertz CT molecular complexity index is 544. The van der Waals surface area contributed by atoms with Crippen molar-refractivity contribution in [3.8, 4) is 0 Å². The first-order valence-corrected chi connectivity index (χ1v) is 7.09. The van der Waals surface area contributed by atoms with Crippen LogP contribution in [0.3, 0.4) is 0 Å². The quantitative estimate of drug-likeness (QED) is 0.669. The van der Waals surface area contributed by atoms with Crippen LogP contribution in [0.2, 0.25) is 0 Å². The number of hydrazine groups is 1. The number of hydrogen-bond donors (Lipinski definition) is 2. The summed E-state index contributed by atoms with van der Waals surface area (Å²) >= 11 is 4.91. The summed E-state index contributed by atoms with van der Waals surface area (Å²) in [5.41, 5.74) is 4.10. The maximum Gasteiger partial charge on any atom is 0.128 e. The summed E-state index contributed by atoms with van der Waals surface area (Å²) < 4.78 is 14.6. The molecule has 0 fully saturated rings. The first-order chi connectivity index (χ1) is 8.60. The summed E-state index contributed by atoms with van der Waals surface area (Å²) in [7, 11) is 0. The van der Waals surface area contributed by atoms with E-state index in [0.29, 0.717) is 12.0 Å². The fourth-order valence-electron chi connectivity index (χ4n) is 1.75. The second kappa shape index (κ2) is 5.88. The van der Waals surface area contributed by atoms with E-state index in [2.05, 4.69) is 26.3 Å². The van der Waals surface area contributed by atoms with Gasteiger partial charge in [-0.15, -0.1) is 11.3 Å². The van der Waals surface area contributed by atoms with E-state index in [-0.39, 0.29) is 11.9 Å². The van der Waals surface area contributed by atoms with Crippen molar-refractivity contribution in [3.63, 3.8) is 0 Å². The Hall–Kier alpha value is -0.820. The molecule has 0 radical (unpaired) electrons. The van der Waals surface area contributed by atoms with Crippen LogP contribution in [0.15, 0.2) is 28.1 Å². The van der Waals surface area contributed by atoms with E-state index in [1.54, 1.807) is 23.5 Å². The molecule has 2 aromatic rings. The van der Waals surface area contributed by atoms with Crippen molar-refractivity contribution >= 4 is 27.3 Å². The van der Waals surface area contributed by atoms with Crippen LogP contribution in [-0.4, -0.2) is 4.98 Å². The molecule has 0 amide bonds. The number of hydrogen-bond acceptors (Lipinski definition) is 4. The molecule has 0 spiro atoms. The van der Waals surface area contributed by atoms with Gasteiger partial charge in [0.1, 0.15) is 5.82 Å². The van der Waals surface area contributed by atoms with Gasteiger partial charge < -0.3 is 0 Å². The summed E-state index contributed by atoms with van der Waals surface area (Å²) in [6.07, 6.45) is 0.564. The fourth-order valence-corrected chi connectivity index (χ4v) is 2.76. The van der Waals surface area contributed by atoms with Crippen LogP contribution in [0.4, 0.5) is 4.39 Å². The van der Waals surface area contributed by atoms with Gasteiger partial charge >= 0.3 is 0 Å². The smallest absolute Gasteiger partial charge is 0.128 e. The summed E-state index contributed by atoms with van der Waals surface area (Å²) in [5.74, 6) is 5.25. The van der Waals surface area contributed by atoms with Crippen LogP contribution in [-0.2, 0) is 6.42 Å². The molecule has 3 nitrogen and oxygen atoms in total. The van der Waals surface area contributed by atoms with E-state index in [9.17, 15) is 4.39 Å². The molecule has 1 unspecified atom stereocenters.